The summed E-state index contributed by atoms with van der Waals surface area (Å²) in [5.74, 6) is 0.292. The molecule has 2 aliphatic rings. The highest BCUT2D eigenvalue weighted by Gasteiger charge is 2.52. The van der Waals surface area contributed by atoms with E-state index in [2.05, 4.69) is 10.3 Å². The van der Waals surface area contributed by atoms with Crippen LogP contribution in [-0.4, -0.2) is 35.7 Å². The van der Waals surface area contributed by atoms with E-state index in [0.29, 0.717) is 11.5 Å². The molecule has 4 atom stereocenters. The second-order valence-electron chi connectivity index (χ2n) is 5.00. The standard InChI is InChI=1S/C13H17N3O2/c1-7-8(3-2-5-15-7)13(17)16-11-10(14)9-4-6-18-12(9)11/h2-3,5,9-12H,4,6,14H2,1H3,(H,16,17). The minimum atomic E-state index is -0.116. The van der Waals surface area contributed by atoms with Crippen molar-refractivity contribution in [2.24, 2.45) is 11.7 Å². The van der Waals surface area contributed by atoms with Crippen molar-refractivity contribution >= 4 is 5.91 Å². The smallest absolute Gasteiger partial charge is 0.253 e. The third-order valence-corrected chi connectivity index (χ3v) is 4.00. The number of rotatable bonds is 2. The summed E-state index contributed by atoms with van der Waals surface area (Å²) >= 11 is 0. The van der Waals surface area contributed by atoms with Crippen molar-refractivity contribution in [1.82, 2.24) is 10.3 Å². The van der Waals surface area contributed by atoms with Crippen LogP contribution in [0, 0.1) is 12.8 Å². The highest BCUT2D eigenvalue weighted by Crippen LogP contribution is 2.37. The van der Waals surface area contributed by atoms with Gasteiger partial charge in [0.25, 0.3) is 5.91 Å². The van der Waals surface area contributed by atoms with Crippen molar-refractivity contribution in [1.29, 1.82) is 0 Å². The Bertz CT molecular complexity index is 477. The summed E-state index contributed by atoms with van der Waals surface area (Å²) in [5, 5.41) is 2.97. The van der Waals surface area contributed by atoms with Gasteiger partial charge in [-0.2, -0.15) is 0 Å². The normalized spacial score (nSPS) is 33.7. The Morgan fingerprint density at radius 1 is 1.61 bits per heavy atom. The van der Waals surface area contributed by atoms with E-state index in [9.17, 15) is 4.79 Å². The third kappa shape index (κ3) is 1.71. The van der Waals surface area contributed by atoms with Crippen molar-refractivity contribution in [3.05, 3.63) is 29.6 Å². The van der Waals surface area contributed by atoms with Gasteiger partial charge in [0, 0.05) is 30.5 Å². The molecule has 1 saturated heterocycles. The van der Waals surface area contributed by atoms with Crippen LogP contribution in [-0.2, 0) is 4.74 Å². The molecule has 1 aliphatic heterocycles. The Morgan fingerprint density at radius 2 is 2.44 bits per heavy atom. The minimum Gasteiger partial charge on any atom is -0.376 e. The number of aryl methyl sites for hydroxylation is 1. The Morgan fingerprint density at radius 3 is 3.22 bits per heavy atom. The molecule has 5 nitrogen and oxygen atoms in total. The summed E-state index contributed by atoms with van der Waals surface area (Å²) < 4.78 is 5.59. The molecule has 5 heteroatoms. The first-order valence-electron chi connectivity index (χ1n) is 6.28. The summed E-state index contributed by atoms with van der Waals surface area (Å²) in [7, 11) is 0. The van der Waals surface area contributed by atoms with Gasteiger partial charge in [-0.05, 0) is 25.5 Å². The van der Waals surface area contributed by atoms with Gasteiger partial charge in [-0.15, -0.1) is 0 Å². The number of nitrogens with two attached hydrogens (primary N) is 1. The molecule has 0 aromatic carbocycles. The maximum absolute atomic E-state index is 12.1. The molecule has 1 aromatic rings. The first-order valence-corrected chi connectivity index (χ1v) is 6.28. The molecule has 1 aromatic heterocycles. The fraction of sp³-hybridized carbons (Fsp3) is 0.538. The molecule has 18 heavy (non-hydrogen) atoms. The Hall–Kier alpha value is -1.46. The second kappa shape index (κ2) is 4.33. The maximum atomic E-state index is 12.1. The average Bonchev–Trinajstić information content (AvgIpc) is 2.81. The monoisotopic (exact) mass is 247 g/mol. The molecule has 3 N–H and O–H groups in total. The van der Waals surface area contributed by atoms with Gasteiger partial charge >= 0.3 is 0 Å². The van der Waals surface area contributed by atoms with Crippen LogP contribution < -0.4 is 11.1 Å². The number of nitrogens with zero attached hydrogens (tertiary/aromatic N) is 1. The van der Waals surface area contributed by atoms with E-state index in [0.717, 1.165) is 18.7 Å². The topological polar surface area (TPSA) is 77.2 Å². The van der Waals surface area contributed by atoms with Gasteiger partial charge in [-0.25, -0.2) is 0 Å². The summed E-state index contributed by atoms with van der Waals surface area (Å²) in [6.45, 7) is 2.58. The van der Waals surface area contributed by atoms with E-state index in [1.165, 1.54) is 0 Å². The number of aromatic nitrogens is 1. The van der Waals surface area contributed by atoms with Crippen LogP contribution in [0.15, 0.2) is 18.3 Å². The lowest BCUT2D eigenvalue weighted by molar-refractivity contribution is -0.0161. The SMILES string of the molecule is Cc1ncccc1C(=O)NC1C(N)C2CCOC21. The lowest BCUT2D eigenvalue weighted by Crippen LogP contribution is -2.69. The highest BCUT2D eigenvalue weighted by molar-refractivity contribution is 5.95. The van der Waals surface area contributed by atoms with Crippen molar-refractivity contribution in [2.45, 2.75) is 31.5 Å². The summed E-state index contributed by atoms with van der Waals surface area (Å²) in [5.41, 5.74) is 7.39. The summed E-state index contributed by atoms with van der Waals surface area (Å²) in [6.07, 6.45) is 2.78. The lowest BCUT2D eigenvalue weighted by Gasteiger charge is -2.45. The fourth-order valence-electron chi connectivity index (χ4n) is 2.88. The van der Waals surface area contributed by atoms with E-state index in [4.69, 9.17) is 10.5 Å². The molecule has 0 spiro atoms. The molecule has 0 bridgehead atoms. The zero-order chi connectivity index (χ0) is 12.7. The van der Waals surface area contributed by atoms with Crippen LogP contribution in [0.2, 0.25) is 0 Å². The third-order valence-electron chi connectivity index (χ3n) is 4.00. The molecule has 1 aliphatic carbocycles. The van der Waals surface area contributed by atoms with Crippen LogP contribution in [0.5, 0.6) is 0 Å². The zero-order valence-electron chi connectivity index (χ0n) is 10.3. The minimum absolute atomic E-state index is 0.0124. The second-order valence-corrected chi connectivity index (χ2v) is 5.00. The number of nitrogens with one attached hydrogen (secondary N) is 1. The molecule has 2 fully saturated rings. The van der Waals surface area contributed by atoms with Gasteiger partial charge in [0.1, 0.15) is 0 Å². The molecule has 3 rings (SSSR count). The largest absolute Gasteiger partial charge is 0.376 e. The summed E-state index contributed by atoms with van der Waals surface area (Å²) in [4.78, 5) is 16.3. The fourth-order valence-corrected chi connectivity index (χ4v) is 2.88. The van der Waals surface area contributed by atoms with E-state index in [1.54, 1.807) is 18.3 Å². The molecular weight excluding hydrogens is 230 g/mol. The van der Waals surface area contributed by atoms with Gasteiger partial charge in [0.05, 0.1) is 17.7 Å². The van der Waals surface area contributed by atoms with Crippen LogP contribution in [0.25, 0.3) is 0 Å². The van der Waals surface area contributed by atoms with E-state index < -0.39 is 0 Å². The first-order chi connectivity index (χ1) is 8.68. The Balaban J connectivity index is 1.70. The van der Waals surface area contributed by atoms with E-state index in [-0.39, 0.29) is 24.1 Å². The van der Waals surface area contributed by atoms with Gasteiger partial charge in [-0.3, -0.25) is 9.78 Å². The van der Waals surface area contributed by atoms with Crippen molar-refractivity contribution < 1.29 is 9.53 Å². The number of carbonyl (C=O) groups excluding carboxylic acids is 1. The molecule has 0 radical (unpaired) electrons. The average molecular weight is 247 g/mol. The molecule has 2 heterocycles. The number of hydrogen-bond donors (Lipinski definition) is 2. The predicted molar refractivity (Wildman–Crippen MR) is 66.1 cm³/mol. The Kier molecular flexibility index (Phi) is 2.80. The van der Waals surface area contributed by atoms with Crippen LogP contribution in [0.1, 0.15) is 22.5 Å². The number of carbonyl (C=O) groups is 1. The maximum Gasteiger partial charge on any atom is 0.253 e. The van der Waals surface area contributed by atoms with Gasteiger partial charge in [0.2, 0.25) is 0 Å². The molecular formula is C13H17N3O2. The van der Waals surface area contributed by atoms with Crippen LogP contribution in [0.4, 0.5) is 0 Å². The van der Waals surface area contributed by atoms with Crippen LogP contribution in [0.3, 0.4) is 0 Å². The zero-order valence-corrected chi connectivity index (χ0v) is 10.3. The van der Waals surface area contributed by atoms with E-state index >= 15 is 0 Å². The first kappa shape index (κ1) is 11.6. The van der Waals surface area contributed by atoms with Crippen LogP contribution >= 0.6 is 0 Å². The molecule has 1 saturated carbocycles. The molecule has 96 valence electrons. The van der Waals surface area contributed by atoms with Crippen molar-refractivity contribution in [2.75, 3.05) is 6.61 Å². The van der Waals surface area contributed by atoms with Crippen molar-refractivity contribution in [3.8, 4) is 0 Å². The number of fused-ring (bicyclic) bond motifs is 1. The van der Waals surface area contributed by atoms with Gasteiger partial charge in [0.15, 0.2) is 0 Å². The molecule has 1 amide bonds. The highest BCUT2D eigenvalue weighted by atomic mass is 16.5. The van der Waals surface area contributed by atoms with E-state index in [1.807, 2.05) is 6.92 Å². The van der Waals surface area contributed by atoms with Crippen molar-refractivity contribution in [3.63, 3.8) is 0 Å². The van der Waals surface area contributed by atoms with Gasteiger partial charge in [-0.1, -0.05) is 0 Å². The number of hydrogen-bond acceptors (Lipinski definition) is 4. The molecule has 4 unspecified atom stereocenters. The number of amides is 1. The number of pyridine rings is 1. The van der Waals surface area contributed by atoms with Gasteiger partial charge < -0.3 is 15.8 Å². The predicted octanol–water partition coefficient (Wildman–Crippen LogP) is 0.234. The summed E-state index contributed by atoms with van der Waals surface area (Å²) in [6, 6.07) is 3.48. The quantitative estimate of drug-likeness (QED) is 0.784. The Labute approximate surface area is 106 Å². The lowest BCUT2D eigenvalue weighted by atomic mass is 9.72. The number of ether oxygens (including phenoxy) is 1.